The van der Waals surface area contributed by atoms with Crippen molar-refractivity contribution in [3.05, 3.63) is 22.5 Å². The van der Waals surface area contributed by atoms with Gasteiger partial charge in [-0.25, -0.2) is 0 Å². The summed E-state index contributed by atoms with van der Waals surface area (Å²) < 4.78 is 1.24. The van der Waals surface area contributed by atoms with E-state index in [1.54, 1.807) is 0 Å². The summed E-state index contributed by atoms with van der Waals surface area (Å²) in [6, 6.07) is 0. The van der Waals surface area contributed by atoms with Gasteiger partial charge in [-0.2, -0.15) is 5.10 Å². The number of aromatic nitrogens is 2. The lowest BCUT2D eigenvalue weighted by Crippen LogP contribution is -2.33. The fourth-order valence-corrected chi connectivity index (χ4v) is 1.20. The molecule has 1 rings (SSSR count). The van der Waals surface area contributed by atoms with Crippen LogP contribution in [-0.4, -0.2) is 40.2 Å². The lowest BCUT2D eigenvalue weighted by atomic mass is 10.5. The van der Waals surface area contributed by atoms with Gasteiger partial charge in [-0.15, -0.1) is 0 Å². The van der Waals surface area contributed by atoms with E-state index < -0.39 is 4.92 Å². The van der Waals surface area contributed by atoms with Crippen LogP contribution in [0.25, 0.3) is 0 Å². The average Bonchev–Trinajstić information content (AvgIpc) is 2.73. The molecule has 1 amide bonds. The van der Waals surface area contributed by atoms with Crippen LogP contribution in [-0.2, 0) is 11.3 Å². The molecule has 0 fully saturated rings. The van der Waals surface area contributed by atoms with Crippen molar-refractivity contribution in [1.29, 1.82) is 0 Å². The molecule has 1 aromatic heterocycles. The van der Waals surface area contributed by atoms with Gasteiger partial charge >= 0.3 is 5.69 Å². The Bertz CT molecular complexity index is 390. The Morgan fingerprint density at radius 2 is 2.35 bits per heavy atom. The highest BCUT2D eigenvalue weighted by atomic mass is 16.6. The van der Waals surface area contributed by atoms with Gasteiger partial charge in [0, 0.05) is 13.1 Å². The first-order valence-corrected chi connectivity index (χ1v) is 5.27. The topological polar surface area (TPSA) is 102 Å². The Balaban J connectivity index is 2.32. The SMILES string of the molecule is CCNCCNC(=O)Cn1cc([N+](=O)[O-])cn1. The first-order valence-electron chi connectivity index (χ1n) is 5.27. The van der Waals surface area contributed by atoms with Crippen molar-refractivity contribution in [2.24, 2.45) is 0 Å². The number of nitrogens with one attached hydrogen (secondary N) is 2. The predicted octanol–water partition coefficient (Wildman–Crippen LogP) is -0.483. The van der Waals surface area contributed by atoms with Crippen molar-refractivity contribution in [3.63, 3.8) is 0 Å². The first kappa shape index (κ1) is 13.1. The van der Waals surface area contributed by atoms with E-state index in [0.29, 0.717) is 13.1 Å². The minimum Gasteiger partial charge on any atom is -0.353 e. The van der Waals surface area contributed by atoms with Gasteiger partial charge in [-0.3, -0.25) is 19.6 Å². The van der Waals surface area contributed by atoms with Crippen LogP contribution in [0.4, 0.5) is 5.69 Å². The van der Waals surface area contributed by atoms with E-state index in [4.69, 9.17) is 0 Å². The van der Waals surface area contributed by atoms with Crippen LogP contribution in [0.1, 0.15) is 6.92 Å². The zero-order valence-electron chi connectivity index (χ0n) is 9.55. The molecule has 0 spiro atoms. The van der Waals surface area contributed by atoms with Crippen LogP contribution in [0.2, 0.25) is 0 Å². The molecule has 0 aliphatic rings. The minimum atomic E-state index is -0.549. The van der Waals surface area contributed by atoms with E-state index in [-0.39, 0.29) is 18.1 Å². The fourth-order valence-electron chi connectivity index (χ4n) is 1.20. The van der Waals surface area contributed by atoms with Crippen molar-refractivity contribution >= 4 is 11.6 Å². The van der Waals surface area contributed by atoms with Crippen molar-refractivity contribution in [2.75, 3.05) is 19.6 Å². The maximum Gasteiger partial charge on any atom is 0.307 e. The second-order valence-corrected chi connectivity index (χ2v) is 3.36. The molecule has 0 atom stereocenters. The van der Waals surface area contributed by atoms with E-state index in [0.717, 1.165) is 12.7 Å². The van der Waals surface area contributed by atoms with Crippen molar-refractivity contribution in [2.45, 2.75) is 13.5 Å². The molecule has 8 nitrogen and oxygen atoms in total. The van der Waals surface area contributed by atoms with Gasteiger partial charge in [-0.05, 0) is 6.54 Å². The molecule has 2 N–H and O–H groups in total. The summed E-state index contributed by atoms with van der Waals surface area (Å²) in [5.74, 6) is -0.221. The smallest absolute Gasteiger partial charge is 0.307 e. The summed E-state index contributed by atoms with van der Waals surface area (Å²) >= 11 is 0. The van der Waals surface area contributed by atoms with E-state index in [2.05, 4.69) is 15.7 Å². The number of hydrogen-bond donors (Lipinski definition) is 2. The number of amides is 1. The molecule has 0 aliphatic carbocycles. The summed E-state index contributed by atoms with van der Waals surface area (Å²) in [5.41, 5.74) is -0.120. The number of rotatable bonds is 7. The number of nitro groups is 1. The van der Waals surface area contributed by atoms with Crippen LogP contribution in [0.15, 0.2) is 12.4 Å². The lowest BCUT2D eigenvalue weighted by Gasteiger charge is -2.05. The number of nitrogens with zero attached hydrogens (tertiary/aromatic N) is 3. The van der Waals surface area contributed by atoms with E-state index in [1.807, 2.05) is 6.92 Å². The molecule has 0 saturated carbocycles. The Kier molecular flexibility index (Phi) is 5.08. The summed E-state index contributed by atoms with van der Waals surface area (Å²) in [6.07, 6.45) is 2.34. The molecule has 94 valence electrons. The Labute approximate surface area is 98.1 Å². The Morgan fingerprint density at radius 1 is 1.59 bits per heavy atom. The number of carbonyl (C=O) groups excluding carboxylic acids is 1. The van der Waals surface area contributed by atoms with Crippen molar-refractivity contribution in [1.82, 2.24) is 20.4 Å². The fraction of sp³-hybridized carbons (Fsp3) is 0.556. The predicted molar refractivity (Wildman–Crippen MR) is 60.4 cm³/mol. The van der Waals surface area contributed by atoms with Gasteiger partial charge in [0.2, 0.25) is 5.91 Å². The van der Waals surface area contributed by atoms with Crippen LogP contribution in [0, 0.1) is 10.1 Å². The second kappa shape index (κ2) is 6.59. The maximum atomic E-state index is 11.4. The summed E-state index contributed by atoms with van der Waals surface area (Å²) in [7, 11) is 0. The van der Waals surface area contributed by atoms with Crippen molar-refractivity contribution < 1.29 is 9.72 Å². The second-order valence-electron chi connectivity index (χ2n) is 3.36. The van der Waals surface area contributed by atoms with Gasteiger partial charge in [-0.1, -0.05) is 6.92 Å². The highest BCUT2D eigenvalue weighted by Gasteiger charge is 2.10. The van der Waals surface area contributed by atoms with Crippen LogP contribution in [0.5, 0.6) is 0 Å². The molecule has 0 unspecified atom stereocenters. The standard InChI is InChI=1S/C9H15N5O3/c1-2-10-3-4-11-9(15)7-13-6-8(5-12-13)14(16)17/h5-6,10H,2-4,7H2,1H3,(H,11,15). The maximum absolute atomic E-state index is 11.4. The van der Waals surface area contributed by atoms with Gasteiger partial charge < -0.3 is 10.6 Å². The molecule has 0 aromatic carbocycles. The molecule has 0 aliphatic heterocycles. The third-order valence-corrected chi connectivity index (χ3v) is 2.01. The number of likely N-dealkylation sites (N-methyl/N-ethyl adjacent to an activating group) is 1. The summed E-state index contributed by atoms with van der Waals surface area (Å²) in [5, 5.41) is 19.8. The summed E-state index contributed by atoms with van der Waals surface area (Å²) in [6.45, 7) is 4.03. The monoisotopic (exact) mass is 241 g/mol. The van der Waals surface area contributed by atoms with E-state index >= 15 is 0 Å². The highest BCUT2D eigenvalue weighted by Crippen LogP contribution is 2.06. The average molecular weight is 241 g/mol. The third-order valence-electron chi connectivity index (χ3n) is 2.01. The van der Waals surface area contributed by atoms with Gasteiger partial charge in [0.05, 0.1) is 4.92 Å². The normalized spacial score (nSPS) is 10.2. The zero-order valence-corrected chi connectivity index (χ0v) is 9.55. The Hall–Kier alpha value is -1.96. The number of carbonyl (C=O) groups is 1. The third kappa shape index (κ3) is 4.60. The molecule has 0 saturated heterocycles. The van der Waals surface area contributed by atoms with Gasteiger partial charge in [0.1, 0.15) is 18.9 Å². The molecule has 0 radical (unpaired) electrons. The number of hydrogen-bond acceptors (Lipinski definition) is 5. The lowest BCUT2D eigenvalue weighted by molar-refractivity contribution is -0.385. The molecule has 17 heavy (non-hydrogen) atoms. The molecular formula is C9H15N5O3. The molecule has 0 bridgehead atoms. The van der Waals surface area contributed by atoms with Crippen LogP contribution < -0.4 is 10.6 Å². The molecule has 1 heterocycles. The van der Waals surface area contributed by atoms with Crippen LogP contribution in [0.3, 0.4) is 0 Å². The molecule has 8 heteroatoms. The van der Waals surface area contributed by atoms with Crippen molar-refractivity contribution in [3.8, 4) is 0 Å². The van der Waals surface area contributed by atoms with E-state index in [1.165, 1.54) is 10.9 Å². The minimum absolute atomic E-state index is 0.0139. The van der Waals surface area contributed by atoms with Gasteiger partial charge in [0.15, 0.2) is 0 Å². The highest BCUT2D eigenvalue weighted by molar-refractivity contribution is 5.75. The largest absolute Gasteiger partial charge is 0.353 e. The van der Waals surface area contributed by atoms with Crippen LogP contribution >= 0.6 is 0 Å². The first-order chi connectivity index (χ1) is 8.13. The zero-order chi connectivity index (χ0) is 12.7. The Morgan fingerprint density at radius 3 is 2.94 bits per heavy atom. The summed E-state index contributed by atoms with van der Waals surface area (Å²) in [4.78, 5) is 21.2. The van der Waals surface area contributed by atoms with Gasteiger partial charge in [0.25, 0.3) is 0 Å². The quantitative estimate of drug-likeness (QED) is 0.381. The van der Waals surface area contributed by atoms with E-state index in [9.17, 15) is 14.9 Å². The molecule has 1 aromatic rings. The molecular weight excluding hydrogens is 226 g/mol.